The second-order valence-corrected chi connectivity index (χ2v) is 2.50. The molecule has 0 aliphatic rings. The predicted octanol–water partition coefficient (Wildman–Crippen LogP) is 1.04. The van der Waals surface area contributed by atoms with E-state index in [-0.39, 0.29) is 0 Å². The number of anilines is 2. The molecule has 6 heteroatoms. The SMILES string of the molecule is Cc1c(N)ncnc1NCC(F)F. The van der Waals surface area contributed by atoms with E-state index in [1.165, 1.54) is 6.33 Å². The molecular formula is C7H10F2N4. The average molecular weight is 188 g/mol. The van der Waals surface area contributed by atoms with Gasteiger partial charge in [-0.15, -0.1) is 0 Å². The van der Waals surface area contributed by atoms with Crippen molar-refractivity contribution < 1.29 is 8.78 Å². The zero-order valence-corrected chi connectivity index (χ0v) is 7.09. The lowest BCUT2D eigenvalue weighted by Gasteiger charge is -2.07. The van der Waals surface area contributed by atoms with Crippen LogP contribution < -0.4 is 11.1 Å². The first-order valence-electron chi connectivity index (χ1n) is 3.70. The molecule has 0 atom stereocenters. The quantitative estimate of drug-likeness (QED) is 0.744. The molecule has 0 amide bonds. The van der Waals surface area contributed by atoms with Gasteiger partial charge in [0.15, 0.2) is 0 Å². The maximum absolute atomic E-state index is 11.8. The first kappa shape index (κ1) is 9.63. The van der Waals surface area contributed by atoms with E-state index in [1.807, 2.05) is 0 Å². The summed E-state index contributed by atoms with van der Waals surface area (Å²) in [6.07, 6.45) is -1.17. The van der Waals surface area contributed by atoms with Crippen LogP contribution in [0.4, 0.5) is 20.4 Å². The molecule has 1 aromatic rings. The van der Waals surface area contributed by atoms with Gasteiger partial charge in [-0.2, -0.15) is 0 Å². The molecule has 0 bridgehead atoms. The van der Waals surface area contributed by atoms with Gasteiger partial charge in [0.2, 0.25) is 0 Å². The van der Waals surface area contributed by atoms with Crippen LogP contribution >= 0.6 is 0 Å². The second-order valence-electron chi connectivity index (χ2n) is 2.50. The van der Waals surface area contributed by atoms with Gasteiger partial charge >= 0.3 is 0 Å². The lowest BCUT2D eigenvalue weighted by Crippen LogP contribution is -2.13. The Bertz CT molecular complexity index is 290. The highest BCUT2D eigenvalue weighted by Crippen LogP contribution is 2.14. The van der Waals surface area contributed by atoms with Crippen molar-refractivity contribution in [3.63, 3.8) is 0 Å². The topological polar surface area (TPSA) is 63.8 Å². The Hall–Kier alpha value is -1.46. The third-order valence-electron chi connectivity index (χ3n) is 1.55. The smallest absolute Gasteiger partial charge is 0.255 e. The van der Waals surface area contributed by atoms with E-state index < -0.39 is 13.0 Å². The number of nitrogens with zero attached hydrogens (tertiary/aromatic N) is 2. The number of nitrogens with two attached hydrogens (primary N) is 1. The van der Waals surface area contributed by atoms with Crippen LogP contribution in [0.1, 0.15) is 5.56 Å². The van der Waals surface area contributed by atoms with E-state index in [0.29, 0.717) is 17.2 Å². The molecule has 1 rings (SSSR count). The molecule has 0 radical (unpaired) electrons. The molecule has 0 spiro atoms. The summed E-state index contributed by atoms with van der Waals surface area (Å²) in [5.41, 5.74) is 6.03. The molecule has 0 aliphatic carbocycles. The molecule has 72 valence electrons. The van der Waals surface area contributed by atoms with Crippen LogP contribution in [0, 0.1) is 6.92 Å². The minimum atomic E-state index is -2.41. The Morgan fingerprint density at radius 3 is 2.85 bits per heavy atom. The van der Waals surface area contributed by atoms with Crippen LogP contribution in [0.15, 0.2) is 6.33 Å². The van der Waals surface area contributed by atoms with Gasteiger partial charge in [-0.25, -0.2) is 18.7 Å². The largest absolute Gasteiger partial charge is 0.383 e. The summed E-state index contributed by atoms with van der Waals surface area (Å²) in [6.45, 7) is 1.24. The maximum Gasteiger partial charge on any atom is 0.255 e. The number of alkyl halides is 2. The summed E-state index contributed by atoms with van der Waals surface area (Å²) < 4.78 is 23.6. The van der Waals surface area contributed by atoms with Gasteiger partial charge in [-0.3, -0.25) is 0 Å². The summed E-state index contributed by atoms with van der Waals surface area (Å²) >= 11 is 0. The Morgan fingerprint density at radius 2 is 2.23 bits per heavy atom. The normalized spacial score (nSPS) is 10.5. The molecule has 0 saturated carbocycles. The van der Waals surface area contributed by atoms with Crippen molar-refractivity contribution in [2.45, 2.75) is 13.3 Å². The van der Waals surface area contributed by atoms with Crippen molar-refractivity contribution in [3.05, 3.63) is 11.9 Å². The number of aromatic nitrogens is 2. The number of rotatable bonds is 3. The fraction of sp³-hybridized carbons (Fsp3) is 0.429. The van der Waals surface area contributed by atoms with Gasteiger partial charge < -0.3 is 11.1 Å². The average Bonchev–Trinajstić information content (AvgIpc) is 2.07. The van der Waals surface area contributed by atoms with Crippen molar-refractivity contribution in [3.8, 4) is 0 Å². The summed E-state index contributed by atoms with van der Waals surface area (Å²) in [6, 6.07) is 0. The number of hydrogen-bond acceptors (Lipinski definition) is 4. The summed E-state index contributed by atoms with van der Waals surface area (Å²) in [7, 11) is 0. The van der Waals surface area contributed by atoms with E-state index >= 15 is 0 Å². The van der Waals surface area contributed by atoms with Crippen LogP contribution in [0.3, 0.4) is 0 Å². The number of hydrogen-bond donors (Lipinski definition) is 2. The van der Waals surface area contributed by atoms with Gasteiger partial charge in [-0.05, 0) is 6.92 Å². The van der Waals surface area contributed by atoms with E-state index in [4.69, 9.17) is 5.73 Å². The van der Waals surface area contributed by atoms with Gasteiger partial charge in [-0.1, -0.05) is 0 Å². The molecule has 0 aromatic carbocycles. The van der Waals surface area contributed by atoms with Crippen LogP contribution in [0.25, 0.3) is 0 Å². The van der Waals surface area contributed by atoms with Crippen molar-refractivity contribution in [2.75, 3.05) is 17.6 Å². The van der Waals surface area contributed by atoms with Gasteiger partial charge in [0.05, 0.1) is 6.54 Å². The lowest BCUT2D eigenvalue weighted by molar-refractivity contribution is 0.163. The number of halogens is 2. The summed E-state index contributed by atoms with van der Waals surface area (Å²) in [5, 5.41) is 2.47. The summed E-state index contributed by atoms with van der Waals surface area (Å²) in [5.74, 6) is 0.652. The maximum atomic E-state index is 11.8. The molecule has 3 N–H and O–H groups in total. The van der Waals surface area contributed by atoms with Crippen molar-refractivity contribution >= 4 is 11.6 Å². The van der Waals surface area contributed by atoms with Crippen molar-refractivity contribution in [2.24, 2.45) is 0 Å². The van der Waals surface area contributed by atoms with Crippen LogP contribution in [0.2, 0.25) is 0 Å². The standard InChI is InChI=1S/C7H10F2N4/c1-4-6(10)12-3-13-7(4)11-2-5(8)9/h3,5H,2H2,1H3,(H3,10,11,12,13). The highest BCUT2D eigenvalue weighted by Gasteiger charge is 2.06. The van der Waals surface area contributed by atoms with E-state index in [9.17, 15) is 8.78 Å². The summed E-state index contributed by atoms with van der Waals surface area (Å²) in [4.78, 5) is 7.48. The number of nitrogen functional groups attached to an aromatic ring is 1. The molecule has 13 heavy (non-hydrogen) atoms. The Labute approximate surface area is 74.2 Å². The molecular weight excluding hydrogens is 178 g/mol. The molecule has 0 saturated heterocycles. The van der Waals surface area contributed by atoms with Gasteiger partial charge in [0.25, 0.3) is 6.43 Å². The van der Waals surface area contributed by atoms with Gasteiger partial charge in [0, 0.05) is 5.56 Å². The molecule has 4 nitrogen and oxygen atoms in total. The van der Waals surface area contributed by atoms with Crippen LogP contribution in [-0.2, 0) is 0 Å². The van der Waals surface area contributed by atoms with E-state index in [0.717, 1.165) is 0 Å². The first-order chi connectivity index (χ1) is 6.11. The van der Waals surface area contributed by atoms with Gasteiger partial charge in [0.1, 0.15) is 18.0 Å². The lowest BCUT2D eigenvalue weighted by atomic mass is 10.3. The molecule has 1 heterocycles. The van der Waals surface area contributed by atoms with Crippen molar-refractivity contribution in [1.82, 2.24) is 9.97 Å². The molecule has 0 unspecified atom stereocenters. The van der Waals surface area contributed by atoms with Crippen LogP contribution in [-0.4, -0.2) is 22.9 Å². The zero-order chi connectivity index (χ0) is 9.84. The highest BCUT2D eigenvalue weighted by molar-refractivity contribution is 5.53. The highest BCUT2D eigenvalue weighted by atomic mass is 19.3. The number of nitrogens with one attached hydrogen (secondary N) is 1. The zero-order valence-electron chi connectivity index (χ0n) is 7.09. The minimum Gasteiger partial charge on any atom is -0.383 e. The van der Waals surface area contributed by atoms with E-state index in [2.05, 4.69) is 15.3 Å². The van der Waals surface area contributed by atoms with E-state index in [1.54, 1.807) is 6.92 Å². The van der Waals surface area contributed by atoms with Crippen LogP contribution in [0.5, 0.6) is 0 Å². The Balaban J connectivity index is 2.71. The fourth-order valence-electron chi connectivity index (χ4n) is 0.816. The minimum absolute atomic E-state index is 0.298. The fourth-order valence-corrected chi connectivity index (χ4v) is 0.816. The molecule has 1 aromatic heterocycles. The monoisotopic (exact) mass is 188 g/mol. The molecule has 0 aliphatic heterocycles. The Morgan fingerprint density at radius 1 is 1.54 bits per heavy atom. The Kier molecular flexibility index (Phi) is 2.94. The predicted molar refractivity (Wildman–Crippen MR) is 45.7 cm³/mol. The third-order valence-corrected chi connectivity index (χ3v) is 1.55. The second kappa shape index (κ2) is 3.97. The first-order valence-corrected chi connectivity index (χ1v) is 3.70. The van der Waals surface area contributed by atoms with Crippen molar-refractivity contribution in [1.29, 1.82) is 0 Å². The molecule has 0 fully saturated rings. The third kappa shape index (κ3) is 2.50.